The van der Waals surface area contributed by atoms with Gasteiger partial charge in [0.25, 0.3) is 0 Å². The summed E-state index contributed by atoms with van der Waals surface area (Å²) < 4.78 is 0. The number of hydrogen-bond acceptors (Lipinski definition) is 3. The molecule has 0 saturated heterocycles. The van der Waals surface area contributed by atoms with E-state index in [2.05, 4.69) is 5.32 Å². The minimum atomic E-state index is 0.0122. The number of halogens is 1. The molecule has 1 heterocycles. The van der Waals surface area contributed by atoms with Gasteiger partial charge >= 0.3 is 0 Å². The maximum atomic E-state index is 11.9. The number of hydrogen-bond donors (Lipinski definition) is 1. The van der Waals surface area contributed by atoms with Crippen LogP contribution in [0.25, 0.3) is 0 Å². The first-order valence-electron chi connectivity index (χ1n) is 5.85. The average Bonchev–Trinajstić information content (AvgIpc) is 2.87. The van der Waals surface area contributed by atoms with Gasteiger partial charge < -0.3 is 5.32 Å². The van der Waals surface area contributed by atoms with Crippen molar-refractivity contribution in [2.45, 2.75) is 13.8 Å². The first kappa shape index (κ1) is 13.8. The van der Waals surface area contributed by atoms with Crippen molar-refractivity contribution in [3.8, 4) is 0 Å². The van der Waals surface area contributed by atoms with Crippen LogP contribution in [0, 0.1) is 6.92 Å². The molecule has 0 unspecified atom stereocenters. The highest BCUT2D eigenvalue weighted by molar-refractivity contribution is 7.12. The summed E-state index contributed by atoms with van der Waals surface area (Å²) in [5.74, 6) is 0.0122. The topological polar surface area (TPSA) is 29.1 Å². The molecule has 0 saturated carbocycles. The van der Waals surface area contributed by atoms with Gasteiger partial charge in [0, 0.05) is 22.5 Å². The van der Waals surface area contributed by atoms with Gasteiger partial charge in [0.1, 0.15) is 0 Å². The predicted molar refractivity (Wildman–Crippen MR) is 82.2 cm³/mol. The number of aryl methyl sites for hydroxylation is 1. The summed E-state index contributed by atoms with van der Waals surface area (Å²) in [6.45, 7) is 3.81. The second-order valence-corrected chi connectivity index (χ2v) is 5.61. The molecule has 1 N–H and O–H groups in total. The number of carbonyl (C=O) groups is 1. The molecular formula is C15H14ClNOS. The van der Waals surface area contributed by atoms with Crippen LogP contribution in [-0.4, -0.2) is 5.78 Å². The lowest BCUT2D eigenvalue weighted by atomic mass is 10.2. The van der Waals surface area contributed by atoms with E-state index in [9.17, 15) is 4.79 Å². The van der Waals surface area contributed by atoms with E-state index < -0.39 is 0 Å². The Hall–Kier alpha value is -1.58. The predicted octanol–water partition coefficient (Wildman–Crippen LogP) is 4.91. The lowest BCUT2D eigenvalue weighted by Gasteiger charge is -2.07. The van der Waals surface area contributed by atoms with Crippen molar-refractivity contribution >= 4 is 34.4 Å². The van der Waals surface area contributed by atoms with Gasteiger partial charge in [-0.05, 0) is 43.0 Å². The van der Waals surface area contributed by atoms with Gasteiger partial charge in [-0.1, -0.05) is 23.7 Å². The molecule has 0 amide bonds. The summed E-state index contributed by atoms with van der Waals surface area (Å²) in [5.41, 5.74) is 2.70. The highest BCUT2D eigenvalue weighted by Gasteiger charge is 2.04. The number of ketones is 1. The summed E-state index contributed by atoms with van der Waals surface area (Å²) in [4.78, 5) is 12.6. The summed E-state index contributed by atoms with van der Waals surface area (Å²) in [6, 6.07) is 9.42. The Kier molecular flexibility index (Phi) is 4.40. The van der Waals surface area contributed by atoms with Crippen molar-refractivity contribution < 1.29 is 4.79 Å². The second kappa shape index (κ2) is 6.04. The number of benzene rings is 1. The van der Waals surface area contributed by atoms with Crippen LogP contribution in [0.3, 0.4) is 0 Å². The smallest absolute Gasteiger partial charge is 0.197 e. The molecule has 0 atom stereocenters. The minimum Gasteiger partial charge on any atom is -0.359 e. The Balaban J connectivity index is 2.10. The summed E-state index contributed by atoms with van der Waals surface area (Å²) >= 11 is 7.50. The molecule has 0 fully saturated rings. The van der Waals surface area contributed by atoms with E-state index in [0.717, 1.165) is 21.8 Å². The van der Waals surface area contributed by atoms with Crippen molar-refractivity contribution in [3.63, 3.8) is 0 Å². The summed E-state index contributed by atoms with van der Waals surface area (Å²) in [6.07, 6.45) is 1.60. The summed E-state index contributed by atoms with van der Waals surface area (Å²) in [7, 11) is 0. The fraction of sp³-hybridized carbons (Fsp3) is 0.133. The number of anilines is 1. The third-order valence-corrected chi connectivity index (χ3v) is 3.92. The van der Waals surface area contributed by atoms with E-state index in [1.165, 1.54) is 11.3 Å². The molecule has 0 aliphatic carbocycles. The van der Waals surface area contributed by atoms with Crippen molar-refractivity contribution in [1.29, 1.82) is 0 Å². The monoisotopic (exact) mass is 291 g/mol. The molecule has 1 aromatic heterocycles. The molecule has 19 heavy (non-hydrogen) atoms. The second-order valence-electron chi connectivity index (χ2n) is 4.26. The van der Waals surface area contributed by atoms with Crippen molar-refractivity contribution in [1.82, 2.24) is 0 Å². The van der Waals surface area contributed by atoms with E-state index in [-0.39, 0.29) is 5.78 Å². The first-order chi connectivity index (χ1) is 9.06. The normalized spacial score (nSPS) is 11.4. The Morgan fingerprint density at radius 3 is 2.79 bits per heavy atom. The van der Waals surface area contributed by atoms with Gasteiger partial charge in [-0.15, -0.1) is 11.3 Å². The molecule has 2 aromatic rings. The SMILES string of the molecule is C/C(=C/C(=O)c1cccs1)Nc1ccc(C)c(Cl)c1. The molecule has 1 aromatic carbocycles. The molecule has 2 nitrogen and oxygen atoms in total. The van der Waals surface area contributed by atoms with Crippen LogP contribution in [0.5, 0.6) is 0 Å². The first-order valence-corrected chi connectivity index (χ1v) is 7.11. The highest BCUT2D eigenvalue weighted by atomic mass is 35.5. The average molecular weight is 292 g/mol. The van der Waals surface area contributed by atoms with Gasteiger partial charge in [0.15, 0.2) is 5.78 Å². The number of rotatable bonds is 4. The number of thiophene rings is 1. The maximum absolute atomic E-state index is 11.9. The van der Waals surface area contributed by atoms with E-state index >= 15 is 0 Å². The maximum Gasteiger partial charge on any atom is 0.197 e. The summed E-state index contributed by atoms with van der Waals surface area (Å²) in [5, 5.41) is 5.77. The van der Waals surface area contributed by atoms with Crippen LogP contribution in [0.1, 0.15) is 22.2 Å². The van der Waals surface area contributed by atoms with Gasteiger partial charge in [0.2, 0.25) is 0 Å². The Bertz CT molecular complexity index is 617. The van der Waals surface area contributed by atoms with Crippen LogP contribution < -0.4 is 5.32 Å². The molecule has 0 aliphatic heterocycles. The molecule has 0 bridgehead atoms. The van der Waals surface area contributed by atoms with Crippen LogP contribution in [-0.2, 0) is 0 Å². The van der Waals surface area contributed by atoms with Gasteiger partial charge in [-0.25, -0.2) is 0 Å². The van der Waals surface area contributed by atoms with Crippen molar-refractivity contribution in [2.75, 3.05) is 5.32 Å². The fourth-order valence-corrected chi connectivity index (χ4v) is 2.44. The van der Waals surface area contributed by atoms with Crippen LogP contribution in [0.2, 0.25) is 5.02 Å². The molecule has 0 radical (unpaired) electrons. The van der Waals surface area contributed by atoms with Crippen molar-refractivity contribution in [2.24, 2.45) is 0 Å². The van der Waals surface area contributed by atoms with E-state index in [4.69, 9.17) is 11.6 Å². The van der Waals surface area contributed by atoms with E-state index in [1.54, 1.807) is 6.08 Å². The number of carbonyl (C=O) groups excluding carboxylic acids is 1. The van der Waals surface area contributed by atoms with Gasteiger partial charge in [-0.2, -0.15) is 0 Å². The quantitative estimate of drug-likeness (QED) is 0.640. The Morgan fingerprint density at radius 1 is 1.37 bits per heavy atom. The molecule has 98 valence electrons. The Labute approximate surface area is 121 Å². The minimum absolute atomic E-state index is 0.0122. The third-order valence-electron chi connectivity index (χ3n) is 2.62. The molecule has 0 aliphatic rings. The highest BCUT2D eigenvalue weighted by Crippen LogP contribution is 2.21. The molecule has 0 spiro atoms. The van der Waals surface area contributed by atoms with E-state index in [1.807, 2.05) is 49.6 Å². The van der Waals surface area contributed by atoms with Crippen LogP contribution in [0.15, 0.2) is 47.5 Å². The fourth-order valence-electron chi connectivity index (χ4n) is 1.62. The number of nitrogens with one attached hydrogen (secondary N) is 1. The van der Waals surface area contributed by atoms with Crippen LogP contribution in [0.4, 0.5) is 5.69 Å². The standard InChI is InChI=1S/C15H14ClNOS/c1-10-5-6-12(9-13(10)16)17-11(2)8-14(18)15-4-3-7-19-15/h3-9,17H,1-2H3/b11-8-. The lowest BCUT2D eigenvalue weighted by Crippen LogP contribution is -2.00. The van der Waals surface area contributed by atoms with E-state index in [0.29, 0.717) is 5.02 Å². The molecule has 4 heteroatoms. The zero-order valence-electron chi connectivity index (χ0n) is 10.7. The Morgan fingerprint density at radius 2 is 2.16 bits per heavy atom. The van der Waals surface area contributed by atoms with Gasteiger partial charge in [-0.3, -0.25) is 4.79 Å². The lowest BCUT2D eigenvalue weighted by molar-refractivity contribution is 0.105. The number of allylic oxidation sites excluding steroid dienone is 2. The van der Waals surface area contributed by atoms with Gasteiger partial charge in [0.05, 0.1) is 4.88 Å². The zero-order valence-corrected chi connectivity index (χ0v) is 12.3. The van der Waals surface area contributed by atoms with Crippen molar-refractivity contribution in [3.05, 3.63) is 62.9 Å². The molecular weight excluding hydrogens is 278 g/mol. The molecule has 2 rings (SSSR count). The largest absolute Gasteiger partial charge is 0.359 e. The third kappa shape index (κ3) is 3.69. The zero-order chi connectivity index (χ0) is 13.8. The van der Waals surface area contributed by atoms with Crippen LogP contribution >= 0.6 is 22.9 Å².